The first-order valence-corrected chi connectivity index (χ1v) is 16.1. The van der Waals surface area contributed by atoms with E-state index in [4.69, 9.17) is 0 Å². The van der Waals surface area contributed by atoms with Crippen molar-refractivity contribution in [3.8, 4) is 33.6 Å². The van der Waals surface area contributed by atoms with Gasteiger partial charge in [0.1, 0.15) is 0 Å². The summed E-state index contributed by atoms with van der Waals surface area (Å²) in [5.74, 6) is 0. The van der Waals surface area contributed by atoms with Crippen LogP contribution in [0.4, 0.5) is 0 Å². The van der Waals surface area contributed by atoms with Crippen LogP contribution in [-0.4, -0.2) is 15.0 Å². The van der Waals surface area contributed by atoms with Crippen LogP contribution in [0.25, 0.3) is 53.8 Å². The largest absolute Gasteiger partial charge is 0.319 e. The van der Waals surface area contributed by atoms with Crippen LogP contribution in [0.15, 0.2) is 104 Å². The van der Waals surface area contributed by atoms with Gasteiger partial charge in [0, 0.05) is 37.2 Å². The van der Waals surface area contributed by atoms with Gasteiger partial charge in [-0.3, -0.25) is 4.98 Å². The van der Waals surface area contributed by atoms with Gasteiger partial charge in [-0.1, -0.05) is 93.4 Å². The number of fused-ring (bicyclic) bond motifs is 3. The van der Waals surface area contributed by atoms with Crippen molar-refractivity contribution in [1.29, 1.82) is 0 Å². The maximum atomic E-state index is 4.60. The Bertz CT molecular complexity index is 2090. The van der Waals surface area contributed by atoms with Crippen molar-refractivity contribution >= 4 is 31.5 Å². The fourth-order valence-corrected chi connectivity index (χ4v) is 6.52. The molecule has 7 rings (SSSR count). The number of pyridine rings is 3. The van der Waals surface area contributed by atoms with Crippen molar-refractivity contribution < 1.29 is 20.1 Å². The molecule has 0 saturated heterocycles. The minimum Gasteiger partial charge on any atom is -0.319 e. The molecular formula is C41H37IrN3S-2. The van der Waals surface area contributed by atoms with Crippen LogP contribution in [0.2, 0.25) is 0 Å². The molecule has 0 atom stereocenters. The van der Waals surface area contributed by atoms with E-state index in [2.05, 4.69) is 141 Å². The average Bonchev–Trinajstić information content (AvgIpc) is 3.41. The first kappa shape index (κ1) is 33.3. The van der Waals surface area contributed by atoms with Crippen LogP contribution in [0, 0.1) is 38.3 Å². The predicted molar refractivity (Wildman–Crippen MR) is 191 cm³/mol. The van der Waals surface area contributed by atoms with E-state index < -0.39 is 0 Å². The molecule has 4 heterocycles. The van der Waals surface area contributed by atoms with Gasteiger partial charge in [-0.05, 0) is 83.0 Å². The Morgan fingerprint density at radius 1 is 0.696 bits per heavy atom. The van der Waals surface area contributed by atoms with Gasteiger partial charge < -0.3 is 9.97 Å². The third kappa shape index (κ3) is 7.67. The smallest absolute Gasteiger partial charge is 0.0515 e. The minimum absolute atomic E-state index is 0. The summed E-state index contributed by atoms with van der Waals surface area (Å²) in [4.78, 5) is 13.1. The summed E-state index contributed by atoms with van der Waals surface area (Å²) in [6, 6.07) is 34.5. The first-order valence-electron chi connectivity index (χ1n) is 15.3. The third-order valence-corrected chi connectivity index (χ3v) is 9.09. The number of rotatable bonds is 4. The van der Waals surface area contributed by atoms with Gasteiger partial charge in [-0.25, -0.2) is 0 Å². The molecule has 233 valence electrons. The zero-order chi connectivity index (χ0) is 31.6. The molecule has 0 saturated carbocycles. The molecule has 0 fully saturated rings. The van der Waals surface area contributed by atoms with Gasteiger partial charge >= 0.3 is 0 Å². The van der Waals surface area contributed by atoms with Gasteiger partial charge in [0.05, 0.1) is 4.70 Å². The first-order chi connectivity index (χ1) is 21.6. The third-order valence-electron chi connectivity index (χ3n) is 7.97. The van der Waals surface area contributed by atoms with Gasteiger partial charge in [0.2, 0.25) is 0 Å². The fraction of sp³-hybridized carbons (Fsp3) is 0.195. The normalized spacial score (nSPS) is 11.2. The van der Waals surface area contributed by atoms with Gasteiger partial charge in [-0.2, -0.15) is 11.6 Å². The van der Waals surface area contributed by atoms with Gasteiger partial charge in [-0.15, -0.1) is 46.7 Å². The van der Waals surface area contributed by atoms with Crippen LogP contribution >= 0.6 is 11.3 Å². The van der Waals surface area contributed by atoms with Crippen molar-refractivity contribution in [2.75, 3.05) is 0 Å². The van der Waals surface area contributed by atoms with Crippen LogP contribution in [0.5, 0.6) is 0 Å². The Morgan fingerprint density at radius 2 is 1.43 bits per heavy atom. The number of thiophene rings is 1. The van der Waals surface area contributed by atoms with E-state index in [1.165, 1.54) is 53.6 Å². The number of nitrogens with zero attached hydrogens (tertiary/aromatic N) is 3. The van der Waals surface area contributed by atoms with Crippen molar-refractivity contribution in [3.63, 3.8) is 0 Å². The summed E-state index contributed by atoms with van der Waals surface area (Å²) in [5.41, 5.74) is 11.9. The molecule has 1 radical (unpaired) electrons. The Balaban J connectivity index is 0.000000185. The Morgan fingerprint density at radius 3 is 2.15 bits per heavy atom. The number of benzene rings is 3. The maximum absolute atomic E-state index is 4.60. The van der Waals surface area contributed by atoms with Crippen LogP contribution in [-0.2, 0) is 26.5 Å². The van der Waals surface area contributed by atoms with Crippen molar-refractivity contribution in [3.05, 3.63) is 138 Å². The summed E-state index contributed by atoms with van der Waals surface area (Å²) in [6.45, 7) is 13.2. The van der Waals surface area contributed by atoms with E-state index in [1.807, 2.05) is 18.5 Å². The molecule has 5 heteroatoms. The number of aryl methyl sites for hydroxylation is 3. The second-order valence-electron chi connectivity index (χ2n) is 12.8. The maximum Gasteiger partial charge on any atom is 0.0515 e. The van der Waals surface area contributed by atoms with Crippen molar-refractivity contribution in [2.24, 2.45) is 5.41 Å². The number of hydrogen-bond acceptors (Lipinski definition) is 4. The molecule has 0 unspecified atom stereocenters. The second kappa shape index (κ2) is 14.2. The zero-order valence-electron chi connectivity index (χ0n) is 27.1. The fourth-order valence-electron chi connectivity index (χ4n) is 5.46. The Kier molecular flexibility index (Phi) is 10.3. The topological polar surface area (TPSA) is 38.7 Å². The monoisotopic (exact) mass is 796 g/mol. The molecule has 4 aromatic heterocycles. The van der Waals surface area contributed by atoms with E-state index in [1.54, 1.807) is 23.7 Å². The van der Waals surface area contributed by atoms with Crippen LogP contribution in [0.1, 0.15) is 43.0 Å². The summed E-state index contributed by atoms with van der Waals surface area (Å²) < 4.78 is 2.52. The molecule has 0 spiro atoms. The molecule has 0 aliphatic carbocycles. The molecule has 0 N–H and O–H groups in total. The van der Waals surface area contributed by atoms with Crippen molar-refractivity contribution in [2.45, 2.75) is 48.0 Å². The van der Waals surface area contributed by atoms with Crippen LogP contribution < -0.4 is 0 Å². The van der Waals surface area contributed by atoms with E-state index in [0.29, 0.717) is 5.41 Å². The molecule has 0 bridgehead atoms. The molecule has 3 aromatic carbocycles. The number of aromatic nitrogens is 3. The van der Waals surface area contributed by atoms with E-state index in [9.17, 15) is 0 Å². The number of hydrogen-bond donors (Lipinski definition) is 0. The van der Waals surface area contributed by atoms with E-state index in [0.717, 1.165) is 28.9 Å². The molecule has 46 heavy (non-hydrogen) atoms. The van der Waals surface area contributed by atoms with E-state index >= 15 is 0 Å². The molecule has 0 aliphatic heterocycles. The standard InChI is InChI=1S/C25H28N.C16H9N2S.Ir/c1-17-7-10-22(24-13-18(2)19(3)16-26-24)14-23(17)21-11-8-20(9-12-21)15-25(4,5)6;1-2-4-15-12(3-1)13-9-14(18-10-16(13)19-15)11-5-7-17-8-6-11;/h7-9,11-14,16H,15H2,1-6H3;1-5,7-10H;/q2*-1;. The second-order valence-corrected chi connectivity index (χ2v) is 13.9. The molecule has 0 amide bonds. The Labute approximate surface area is 290 Å². The summed E-state index contributed by atoms with van der Waals surface area (Å²) in [5, 5.41) is 2.55. The zero-order valence-corrected chi connectivity index (χ0v) is 30.3. The molecule has 3 nitrogen and oxygen atoms in total. The van der Waals surface area contributed by atoms with Gasteiger partial charge in [0.25, 0.3) is 0 Å². The summed E-state index contributed by atoms with van der Waals surface area (Å²) in [7, 11) is 0. The van der Waals surface area contributed by atoms with Crippen LogP contribution in [0.3, 0.4) is 0 Å². The summed E-state index contributed by atoms with van der Waals surface area (Å²) in [6.07, 6.45) is 8.42. The summed E-state index contributed by atoms with van der Waals surface area (Å²) >= 11 is 1.78. The molecule has 7 aromatic rings. The average molecular weight is 796 g/mol. The predicted octanol–water partition coefficient (Wildman–Crippen LogP) is 11.0. The Hall–Kier alpha value is -4.02. The van der Waals surface area contributed by atoms with Gasteiger partial charge in [0.15, 0.2) is 0 Å². The SMILES string of the molecule is Cc1cnc(-c2[c-]cc(C)c(-c3ccc(CC(C)(C)C)cc3)c2)cc1C.[Ir].[c-]1cnccc1-c1cc2c(cn1)sc1ccccc12. The quantitative estimate of drug-likeness (QED) is 0.167. The minimum atomic E-state index is 0. The molecule has 0 aliphatic rings. The van der Waals surface area contributed by atoms with Crippen molar-refractivity contribution in [1.82, 2.24) is 15.0 Å². The molecular weight excluding hydrogens is 759 g/mol. The van der Waals surface area contributed by atoms with E-state index in [-0.39, 0.29) is 20.1 Å².